The van der Waals surface area contributed by atoms with E-state index >= 15 is 0 Å². The number of nitro benzene ring substituents is 2. The molecule has 20 heavy (non-hydrogen) atoms. The average Bonchev–Trinajstić information content (AvgIpc) is 2.39. The van der Waals surface area contributed by atoms with Crippen molar-refractivity contribution in [2.45, 2.75) is 6.92 Å². The molecule has 0 saturated carbocycles. The Bertz CT molecular complexity index is 698. The van der Waals surface area contributed by atoms with Gasteiger partial charge in [-0.2, -0.15) is 0 Å². The van der Waals surface area contributed by atoms with E-state index in [-0.39, 0.29) is 11.4 Å². The number of halogens is 1. The highest BCUT2D eigenvalue weighted by Crippen LogP contribution is 2.34. The van der Waals surface area contributed by atoms with Crippen molar-refractivity contribution in [3.05, 3.63) is 66.7 Å². The van der Waals surface area contributed by atoms with Gasteiger partial charge in [-0.05, 0) is 30.2 Å². The van der Waals surface area contributed by atoms with Crippen molar-refractivity contribution in [1.82, 2.24) is 0 Å². The quantitative estimate of drug-likeness (QED) is 0.619. The van der Waals surface area contributed by atoms with Crippen molar-refractivity contribution in [1.29, 1.82) is 0 Å². The minimum Gasteiger partial charge on any atom is -0.258 e. The van der Waals surface area contributed by atoms with Crippen molar-refractivity contribution in [2.24, 2.45) is 0 Å². The summed E-state index contributed by atoms with van der Waals surface area (Å²) >= 11 is 3.30. The predicted molar refractivity (Wildman–Crippen MR) is 77.6 cm³/mol. The van der Waals surface area contributed by atoms with Crippen LogP contribution in [0.1, 0.15) is 5.56 Å². The molecule has 0 aliphatic carbocycles. The van der Waals surface area contributed by atoms with E-state index in [9.17, 15) is 20.2 Å². The van der Waals surface area contributed by atoms with Crippen molar-refractivity contribution >= 4 is 27.3 Å². The van der Waals surface area contributed by atoms with Crippen molar-refractivity contribution in [3.8, 4) is 11.1 Å². The molecule has 0 spiro atoms. The summed E-state index contributed by atoms with van der Waals surface area (Å²) in [5.41, 5.74) is 1.04. The monoisotopic (exact) mass is 336 g/mol. The van der Waals surface area contributed by atoms with Gasteiger partial charge in [0.25, 0.3) is 11.4 Å². The molecule has 2 rings (SSSR count). The van der Waals surface area contributed by atoms with E-state index in [2.05, 4.69) is 15.9 Å². The van der Waals surface area contributed by atoms with Gasteiger partial charge in [-0.3, -0.25) is 20.2 Å². The third-order valence-electron chi connectivity index (χ3n) is 2.93. The third-order valence-corrected chi connectivity index (χ3v) is 3.46. The number of hydrogen-bond donors (Lipinski definition) is 0. The number of benzene rings is 2. The van der Waals surface area contributed by atoms with Crippen LogP contribution in [0.4, 0.5) is 11.4 Å². The largest absolute Gasteiger partial charge is 0.279 e. The first-order valence-electron chi connectivity index (χ1n) is 5.59. The van der Waals surface area contributed by atoms with Gasteiger partial charge in [0.1, 0.15) is 0 Å². The van der Waals surface area contributed by atoms with Gasteiger partial charge in [-0.1, -0.05) is 28.1 Å². The molecular weight excluding hydrogens is 328 g/mol. The maximum absolute atomic E-state index is 11.0. The third kappa shape index (κ3) is 2.67. The lowest BCUT2D eigenvalue weighted by Crippen LogP contribution is -1.97. The number of nitro groups is 2. The van der Waals surface area contributed by atoms with Crippen LogP contribution in [0.25, 0.3) is 11.1 Å². The first kappa shape index (κ1) is 14.1. The van der Waals surface area contributed by atoms with Gasteiger partial charge in [-0.25, -0.2) is 0 Å². The maximum atomic E-state index is 11.0. The van der Waals surface area contributed by atoms with E-state index in [1.807, 2.05) is 0 Å². The van der Waals surface area contributed by atoms with Gasteiger partial charge < -0.3 is 0 Å². The molecule has 102 valence electrons. The fourth-order valence-electron chi connectivity index (χ4n) is 1.91. The second-order valence-electron chi connectivity index (χ2n) is 4.16. The van der Waals surface area contributed by atoms with Gasteiger partial charge in [0.05, 0.1) is 15.9 Å². The summed E-state index contributed by atoms with van der Waals surface area (Å²) in [6.45, 7) is 1.58. The Morgan fingerprint density at radius 1 is 1.00 bits per heavy atom. The molecule has 0 fully saturated rings. The fourth-order valence-corrected chi connectivity index (χ4v) is 2.17. The Labute approximate surface area is 122 Å². The van der Waals surface area contributed by atoms with Gasteiger partial charge in [0.2, 0.25) is 0 Å². The highest BCUT2D eigenvalue weighted by atomic mass is 79.9. The Morgan fingerprint density at radius 3 is 2.10 bits per heavy atom. The van der Waals surface area contributed by atoms with Crippen LogP contribution in [-0.2, 0) is 0 Å². The van der Waals surface area contributed by atoms with Crippen LogP contribution < -0.4 is 0 Å². The van der Waals surface area contributed by atoms with Gasteiger partial charge >= 0.3 is 0 Å². The van der Waals surface area contributed by atoms with Gasteiger partial charge in [-0.15, -0.1) is 0 Å². The summed E-state index contributed by atoms with van der Waals surface area (Å²) in [5, 5.41) is 21.9. The SMILES string of the molecule is Cc1c(-c2ccc(Br)cc2)cc([N+](=O)[O-])cc1[N+](=O)[O-]. The highest BCUT2D eigenvalue weighted by molar-refractivity contribution is 9.10. The zero-order valence-corrected chi connectivity index (χ0v) is 12.0. The fraction of sp³-hybridized carbons (Fsp3) is 0.0769. The minimum absolute atomic E-state index is 0.253. The highest BCUT2D eigenvalue weighted by Gasteiger charge is 2.21. The topological polar surface area (TPSA) is 86.3 Å². The summed E-state index contributed by atoms with van der Waals surface area (Å²) in [7, 11) is 0. The van der Waals surface area contributed by atoms with E-state index in [0.29, 0.717) is 16.7 Å². The van der Waals surface area contributed by atoms with E-state index in [4.69, 9.17) is 0 Å². The van der Waals surface area contributed by atoms with E-state index in [1.165, 1.54) is 6.07 Å². The summed E-state index contributed by atoms with van der Waals surface area (Å²) < 4.78 is 0.860. The van der Waals surface area contributed by atoms with Crippen LogP contribution in [0.5, 0.6) is 0 Å². The molecule has 0 bridgehead atoms. The maximum Gasteiger partial charge on any atom is 0.279 e. The van der Waals surface area contributed by atoms with E-state index < -0.39 is 9.85 Å². The standard InChI is InChI=1S/C13H9BrN2O4/c1-8-12(9-2-4-10(14)5-3-9)6-11(15(17)18)7-13(8)16(19)20/h2-7H,1H3. The Kier molecular flexibility index (Phi) is 3.80. The van der Waals surface area contributed by atoms with Crippen LogP contribution >= 0.6 is 15.9 Å². The minimum atomic E-state index is -0.630. The lowest BCUT2D eigenvalue weighted by molar-refractivity contribution is -0.394. The van der Waals surface area contributed by atoms with Gasteiger partial charge in [0, 0.05) is 16.1 Å². The molecule has 0 saturated heterocycles. The number of rotatable bonds is 3. The second-order valence-corrected chi connectivity index (χ2v) is 5.07. The Morgan fingerprint density at radius 2 is 1.60 bits per heavy atom. The molecule has 0 amide bonds. The van der Waals surface area contributed by atoms with Crippen molar-refractivity contribution in [3.63, 3.8) is 0 Å². The molecule has 0 aliphatic heterocycles. The molecule has 2 aromatic rings. The zero-order valence-electron chi connectivity index (χ0n) is 10.4. The van der Waals surface area contributed by atoms with Crippen LogP contribution in [0, 0.1) is 27.2 Å². The summed E-state index contributed by atoms with van der Waals surface area (Å²) in [5.74, 6) is 0. The average molecular weight is 337 g/mol. The molecule has 0 heterocycles. The molecule has 0 N–H and O–H groups in total. The number of hydrogen-bond acceptors (Lipinski definition) is 4. The lowest BCUT2D eigenvalue weighted by atomic mass is 9.98. The van der Waals surface area contributed by atoms with Crippen molar-refractivity contribution < 1.29 is 9.85 Å². The number of non-ortho nitro benzene ring substituents is 1. The lowest BCUT2D eigenvalue weighted by Gasteiger charge is -2.07. The molecular formula is C13H9BrN2O4. The summed E-state index contributed by atoms with van der Waals surface area (Å²) in [6.07, 6.45) is 0. The molecule has 0 aromatic heterocycles. The smallest absolute Gasteiger partial charge is 0.258 e. The molecule has 7 heteroatoms. The molecule has 0 atom stereocenters. The van der Waals surface area contributed by atoms with Crippen molar-refractivity contribution in [2.75, 3.05) is 0 Å². The summed E-state index contributed by atoms with van der Waals surface area (Å²) in [4.78, 5) is 20.7. The van der Waals surface area contributed by atoms with Crippen LogP contribution in [-0.4, -0.2) is 9.85 Å². The normalized spacial score (nSPS) is 10.3. The second kappa shape index (κ2) is 5.38. The van der Waals surface area contributed by atoms with E-state index in [1.54, 1.807) is 31.2 Å². The van der Waals surface area contributed by atoms with Gasteiger partial charge in [0.15, 0.2) is 0 Å². The molecule has 0 radical (unpaired) electrons. The van der Waals surface area contributed by atoms with Crippen LogP contribution in [0.15, 0.2) is 40.9 Å². The molecule has 6 nitrogen and oxygen atoms in total. The first-order valence-corrected chi connectivity index (χ1v) is 6.39. The Balaban J connectivity index is 2.71. The summed E-state index contributed by atoms with van der Waals surface area (Å²) in [6, 6.07) is 9.39. The molecule has 0 unspecified atom stereocenters. The van der Waals surface area contributed by atoms with E-state index in [0.717, 1.165) is 10.5 Å². The van der Waals surface area contributed by atoms with Crippen LogP contribution in [0.2, 0.25) is 0 Å². The molecule has 2 aromatic carbocycles. The Hall–Kier alpha value is -2.28. The predicted octanol–water partition coefficient (Wildman–Crippen LogP) is 4.24. The molecule has 0 aliphatic rings. The zero-order chi connectivity index (χ0) is 14.9. The first-order chi connectivity index (χ1) is 9.40. The number of nitrogens with zero attached hydrogens (tertiary/aromatic N) is 2. The van der Waals surface area contributed by atoms with Crippen LogP contribution in [0.3, 0.4) is 0 Å².